The maximum atomic E-state index is 9.61. The summed E-state index contributed by atoms with van der Waals surface area (Å²) in [6, 6.07) is 5.14. The Bertz CT molecular complexity index is 443. The van der Waals surface area contributed by atoms with Gasteiger partial charge >= 0.3 is 0 Å². The van der Waals surface area contributed by atoms with E-state index in [9.17, 15) is 10.2 Å². The lowest BCUT2D eigenvalue weighted by atomic mass is 10.1. The molecule has 0 aliphatic carbocycles. The molecule has 2 rings (SSSR count). The highest BCUT2D eigenvalue weighted by molar-refractivity contribution is 5.87. The van der Waals surface area contributed by atoms with Crippen molar-refractivity contribution in [3.05, 3.63) is 30.0 Å². The highest BCUT2D eigenvalue weighted by atomic mass is 16.3. The Kier molecular flexibility index (Phi) is 2.17. The third kappa shape index (κ3) is 1.46. The third-order valence-corrected chi connectivity index (χ3v) is 2.17. The number of phenolic OH excluding ortho intramolecular Hbond substituents is 1. The van der Waals surface area contributed by atoms with E-state index in [4.69, 9.17) is 4.42 Å². The fourth-order valence-electron chi connectivity index (χ4n) is 1.60. The van der Waals surface area contributed by atoms with Gasteiger partial charge in [0.1, 0.15) is 11.3 Å². The van der Waals surface area contributed by atoms with Crippen molar-refractivity contribution in [1.29, 1.82) is 0 Å². The maximum Gasteiger partial charge on any atom is 0.137 e. The van der Waals surface area contributed by atoms with E-state index in [1.54, 1.807) is 31.4 Å². The average molecular weight is 192 g/mol. The number of furan rings is 1. The van der Waals surface area contributed by atoms with Crippen LogP contribution in [0.5, 0.6) is 5.75 Å². The van der Waals surface area contributed by atoms with Crippen molar-refractivity contribution in [3.8, 4) is 5.75 Å². The van der Waals surface area contributed by atoms with E-state index in [0.29, 0.717) is 17.4 Å². The number of benzene rings is 1. The first-order chi connectivity index (χ1) is 6.68. The number of phenols is 1. The minimum atomic E-state index is -0.435. The molecule has 0 bridgehead atoms. The average Bonchev–Trinajstić information content (AvgIpc) is 2.49. The molecule has 0 aliphatic rings. The summed E-state index contributed by atoms with van der Waals surface area (Å²) in [6.07, 6.45) is 1.64. The Hall–Kier alpha value is -1.48. The second-order valence-electron chi connectivity index (χ2n) is 3.46. The van der Waals surface area contributed by atoms with Crippen LogP contribution in [0.1, 0.15) is 12.5 Å². The Morgan fingerprint density at radius 3 is 2.93 bits per heavy atom. The van der Waals surface area contributed by atoms with Crippen LogP contribution in [0.4, 0.5) is 0 Å². The molecular formula is C11H12O3. The number of aromatic hydroxyl groups is 1. The molecule has 0 amide bonds. The molecule has 3 heteroatoms. The largest absolute Gasteiger partial charge is 0.507 e. The molecule has 14 heavy (non-hydrogen) atoms. The van der Waals surface area contributed by atoms with Gasteiger partial charge in [-0.1, -0.05) is 6.07 Å². The van der Waals surface area contributed by atoms with Gasteiger partial charge < -0.3 is 14.6 Å². The normalized spacial score (nSPS) is 13.3. The Morgan fingerprint density at radius 1 is 1.43 bits per heavy atom. The number of rotatable bonds is 2. The molecule has 1 aromatic heterocycles. The number of aliphatic hydroxyl groups excluding tert-OH is 1. The zero-order valence-corrected chi connectivity index (χ0v) is 7.90. The molecule has 0 spiro atoms. The summed E-state index contributed by atoms with van der Waals surface area (Å²) in [5.41, 5.74) is 1.49. The summed E-state index contributed by atoms with van der Waals surface area (Å²) in [6.45, 7) is 1.71. The third-order valence-electron chi connectivity index (χ3n) is 2.17. The first kappa shape index (κ1) is 9.09. The molecule has 0 saturated carbocycles. The quantitative estimate of drug-likeness (QED) is 0.765. The van der Waals surface area contributed by atoms with Crippen LogP contribution >= 0.6 is 0 Å². The van der Waals surface area contributed by atoms with Gasteiger partial charge in [-0.05, 0) is 19.1 Å². The first-order valence-corrected chi connectivity index (χ1v) is 4.54. The molecule has 0 aliphatic heterocycles. The van der Waals surface area contributed by atoms with Crippen molar-refractivity contribution in [3.63, 3.8) is 0 Å². The van der Waals surface area contributed by atoms with Crippen molar-refractivity contribution >= 4 is 11.0 Å². The molecular weight excluding hydrogens is 180 g/mol. The molecule has 1 aromatic carbocycles. The summed E-state index contributed by atoms with van der Waals surface area (Å²) >= 11 is 0. The zero-order chi connectivity index (χ0) is 10.1. The van der Waals surface area contributed by atoms with E-state index in [1.807, 2.05) is 0 Å². The molecule has 0 radical (unpaired) electrons. The second kappa shape index (κ2) is 3.35. The van der Waals surface area contributed by atoms with Crippen molar-refractivity contribution in [2.45, 2.75) is 19.4 Å². The van der Waals surface area contributed by atoms with Gasteiger partial charge in [-0.25, -0.2) is 0 Å². The molecule has 0 saturated heterocycles. The van der Waals surface area contributed by atoms with E-state index in [0.717, 1.165) is 5.56 Å². The number of fused-ring (bicyclic) bond motifs is 1. The lowest BCUT2D eigenvalue weighted by Crippen LogP contribution is -2.03. The molecule has 2 N–H and O–H groups in total. The SMILES string of the molecule is CC(O)Cc1coc2cccc(O)c12. The molecule has 74 valence electrons. The minimum absolute atomic E-state index is 0.201. The van der Waals surface area contributed by atoms with E-state index in [2.05, 4.69) is 0 Å². The lowest BCUT2D eigenvalue weighted by molar-refractivity contribution is 0.195. The van der Waals surface area contributed by atoms with Crippen molar-refractivity contribution in [1.82, 2.24) is 0 Å². The van der Waals surface area contributed by atoms with E-state index in [1.165, 1.54) is 0 Å². The maximum absolute atomic E-state index is 9.61. The number of hydrogen-bond acceptors (Lipinski definition) is 3. The van der Waals surface area contributed by atoms with E-state index < -0.39 is 6.10 Å². The van der Waals surface area contributed by atoms with Crippen molar-refractivity contribution in [2.75, 3.05) is 0 Å². The van der Waals surface area contributed by atoms with E-state index in [-0.39, 0.29) is 5.75 Å². The number of aliphatic hydroxyl groups is 1. The fourth-order valence-corrected chi connectivity index (χ4v) is 1.60. The minimum Gasteiger partial charge on any atom is -0.507 e. The smallest absolute Gasteiger partial charge is 0.137 e. The van der Waals surface area contributed by atoms with Crippen LogP contribution < -0.4 is 0 Å². The molecule has 1 atom stereocenters. The second-order valence-corrected chi connectivity index (χ2v) is 3.46. The molecule has 2 aromatic rings. The highest BCUT2D eigenvalue weighted by Crippen LogP contribution is 2.30. The van der Waals surface area contributed by atoms with Gasteiger partial charge in [0, 0.05) is 12.0 Å². The lowest BCUT2D eigenvalue weighted by Gasteiger charge is -2.01. The van der Waals surface area contributed by atoms with Crippen LogP contribution in [0, 0.1) is 0 Å². The van der Waals surface area contributed by atoms with Crippen LogP contribution in [0.25, 0.3) is 11.0 Å². The first-order valence-electron chi connectivity index (χ1n) is 4.54. The van der Waals surface area contributed by atoms with Gasteiger partial charge in [-0.3, -0.25) is 0 Å². The summed E-state index contributed by atoms with van der Waals surface area (Å²) in [5.74, 6) is 0.201. The summed E-state index contributed by atoms with van der Waals surface area (Å²) < 4.78 is 5.26. The predicted molar refractivity (Wildman–Crippen MR) is 53.3 cm³/mol. The highest BCUT2D eigenvalue weighted by Gasteiger charge is 2.11. The monoisotopic (exact) mass is 192 g/mol. The number of hydrogen-bond donors (Lipinski definition) is 2. The Labute approximate surface area is 81.6 Å². The van der Waals surface area contributed by atoms with Gasteiger partial charge in [0.25, 0.3) is 0 Å². The van der Waals surface area contributed by atoms with Gasteiger partial charge in [0.05, 0.1) is 17.8 Å². The van der Waals surface area contributed by atoms with Crippen LogP contribution in [-0.4, -0.2) is 16.3 Å². The van der Waals surface area contributed by atoms with Crippen molar-refractivity contribution < 1.29 is 14.6 Å². The Morgan fingerprint density at radius 2 is 2.21 bits per heavy atom. The Balaban J connectivity index is 2.55. The fraction of sp³-hybridized carbons (Fsp3) is 0.273. The van der Waals surface area contributed by atoms with Crippen LogP contribution in [-0.2, 0) is 6.42 Å². The van der Waals surface area contributed by atoms with E-state index >= 15 is 0 Å². The molecule has 3 nitrogen and oxygen atoms in total. The van der Waals surface area contributed by atoms with Crippen molar-refractivity contribution in [2.24, 2.45) is 0 Å². The zero-order valence-electron chi connectivity index (χ0n) is 7.90. The summed E-state index contributed by atoms with van der Waals surface area (Å²) in [7, 11) is 0. The van der Waals surface area contributed by atoms with Crippen LogP contribution in [0.3, 0.4) is 0 Å². The molecule has 1 heterocycles. The van der Waals surface area contributed by atoms with Gasteiger partial charge in [-0.2, -0.15) is 0 Å². The summed E-state index contributed by atoms with van der Waals surface area (Å²) in [5, 5.41) is 19.6. The van der Waals surface area contributed by atoms with Gasteiger partial charge in [0.2, 0.25) is 0 Å². The van der Waals surface area contributed by atoms with Crippen LogP contribution in [0.15, 0.2) is 28.9 Å². The van der Waals surface area contributed by atoms with Gasteiger partial charge in [0.15, 0.2) is 0 Å². The standard InChI is InChI=1S/C11H12O3/c1-7(12)5-8-6-14-10-4-2-3-9(13)11(8)10/h2-4,6-7,12-13H,5H2,1H3. The topological polar surface area (TPSA) is 53.6 Å². The molecule has 1 unspecified atom stereocenters. The van der Waals surface area contributed by atoms with Gasteiger partial charge in [-0.15, -0.1) is 0 Å². The summed E-state index contributed by atoms with van der Waals surface area (Å²) in [4.78, 5) is 0. The van der Waals surface area contributed by atoms with Crippen LogP contribution in [0.2, 0.25) is 0 Å². The predicted octanol–water partition coefficient (Wildman–Crippen LogP) is 2.06. The molecule has 0 fully saturated rings.